The van der Waals surface area contributed by atoms with Gasteiger partial charge < -0.3 is 15.0 Å². The molecule has 0 bridgehead atoms. The Morgan fingerprint density at radius 2 is 1.72 bits per heavy atom. The molecule has 2 heterocycles. The van der Waals surface area contributed by atoms with Crippen LogP contribution in [0.3, 0.4) is 0 Å². The minimum Gasteiger partial charge on any atom is -0.476 e. The van der Waals surface area contributed by atoms with E-state index in [1.807, 2.05) is 4.90 Å². The number of fused-ring (bicyclic) bond motifs is 1. The molecule has 2 aliphatic heterocycles. The van der Waals surface area contributed by atoms with Gasteiger partial charge in [0.05, 0.1) is 5.69 Å². The maximum atomic E-state index is 13.3. The number of hydrogen-bond acceptors (Lipinski definition) is 4. The van der Waals surface area contributed by atoms with Crippen molar-refractivity contribution in [3.8, 4) is 5.75 Å². The highest BCUT2D eigenvalue weighted by atomic mass is 16.5. The lowest BCUT2D eigenvalue weighted by Gasteiger charge is -2.42. The monoisotopic (exact) mass is 441 g/mol. The van der Waals surface area contributed by atoms with E-state index in [1.165, 1.54) is 4.90 Å². The third-order valence-corrected chi connectivity index (χ3v) is 7.10. The van der Waals surface area contributed by atoms with E-state index in [0.29, 0.717) is 17.0 Å². The topological polar surface area (TPSA) is 79.0 Å². The van der Waals surface area contributed by atoms with Crippen LogP contribution in [0, 0.1) is 0 Å². The third kappa shape index (κ3) is 4.34. The lowest BCUT2D eigenvalue weighted by Crippen LogP contribution is -2.57. The molecular weight excluding hydrogens is 406 g/mol. The van der Waals surface area contributed by atoms with Gasteiger partial charge in [-0.05, 0) is 78.0 Å². The van der Waals surface area contributed by atoms with Crippen LogP contribution in [0.1, 0.15) is 83.0 Å². The first-order chi connectivity index (χ1) is 15.2. The highest BCUT2D eigenvalue weighted by molar-refractivity contribution is 6.07. The summed E-state index contributed by atoms with van der Waals surface area (Å²) in [5.74, 6) is 0.0209. The number of rotatable bonds is 4. The maximum Gasteiger partial charge on any atom is 0.271 e. The Hall–Kier alpha value is -2.57. The molecule has 1 saturated carbocycles. The number of ether oxygens (including phenoxy) is 1. The number of anilines is 1. The molecular formula is C25H35N3O4. The van der Waals surface area contributed by atoms with Crippen molar-refractivity contribution in [2.24, 2.45) is 0 Å². The van der Waals surface area contributed by atoms with Crippen molar-refractivity contribution in [2.45, 2.75) is 96.4 Å². The van der Waals surface area contributed by atoms with E-state index in [4.69, 9.17) is 4.74 Å². The number of carbonyl (C=O) groups is 3. The molecule has 0 unspecified atom stereocenters. The van der Waals surface area contributed by atoms with Gasteiger partial charge in [-0.15, -0.1) is 0 Å². The second-order valence-electron chi connectivity index (χ2n) is 10.1. The molecule has 0 aromatic heterocycles. The number of likely N-dealkylation sites (tertiary alicyclic amines) is 1. The quantitative estimate of drug-likeness (QED) is 0.774. The third-order valence-electron chi connectivity index (χ3n) is 7.10. The predicted octanol–water partition coefficient (Wildman–Crippen LogP) is 3.65. The fourth-order valence-electron chi connectivity index (χ4n) is 5.33. The number of nitrogens with one attached hydrogen (secondary N) is 1. The Kier molecular flexibility index (Phi) is 6.19. The van der Waals surface area contributed by atoms with Crippen molar-refractivity contribution in [2.75, 3.05) is 11.4 Å². The van der Waals surface area contributed by atoms with E-state index in [-0.39, 0.29) is 42.4 Å². The lowest BCUT2D eigenvalue weighted by molar-refractivity contribution is -0.139. The molecule has 3 aliphatic rings. The largest absolute Gasteiger partial charge is 0.476 e. The second-order valence-corrected chi connectivity index (χ2v) is 10.1. The van der Waals surface area contributed by atoms with Crippen LogP contribution in [0.5, 0.6) is 5.75 Å². The molecule has 4 rings (SSSR count). The molecule has 0 radical (unpaired) electrons. The van der Waals surface area contributed by atoms with Crippen LogP contribution in [0.4, 0.5) is 5.69 Å². The number of benzene rings is 1. The van der Waals surface area contributed by atoms with Crippen LogP contribution in [0.25, 0.3) is 0 Å². The number of hydrogen-bond donors (Lipinski definition) is 1. The zero-order chi connectivity index (χ0) is 23.0. The molecule has 0 spiro atoms. The number of amides is 3. The molecule has 7 nitrogen and oxygen atoms in total. The van der Waals surface area contributed by atoms with Crippen molar-refractivity contribution < 1.29 is 19.1 Å². The lowest BCUT2D eigenvalue weighted by atomic mass is 9.97. The zero-order valence-corrected chi connectivity index (χ0v) is 19.6. The average Bonchev–Trinajstić information content (AvgIpc) is 3.24. The number of carbonyl (C=O) groups excluding carboxylic acids is 3. The molecule has 2 atom stereocenters. The summed E-state index contributed by atoms with van der Waals surface area (Å²) in [6.07, 6.45) is 7.32. The number of piperidine rings is 1. The fraction of sp³-hybridized carbons (Fsp3) is 0.640. The SMILES string of the molecule is C[C@H]1CCC[C@H](C)N1C(=O)CN1C(=O)C(C)(C)Oc2ccc(C(=O)NC3CCCC3)cc21. The summed E-state index contributed by atoms with van der Waals surface area (Å²) in [7, 11) is 0. The van der Waals surface area contributed by atoms with E-state index in [0.717, 1.165) is 44.9 Å². The van der Waals surface area contributed by atoms with Gasteiger partial charge in [-0.1, -0.05) is 12.8 Å². The predicted molar refractivity (Wildman–Crippen MR) is 123 cm³/mol. The Morgan fingerprint density at radius 3 is 2.38 bits per heavy atom. The van der Waals surface area contributed by atoms with Gasteiger partial charge in [0.15, 0.2) is 5.60 Å². The summed E-state index contributed by atoms with van der Waals surface area (Å²) >= 11 is 0. The van der Waals surface area contributed by atoms with E-state index in [2.05, 4.69) is 19.2 Å². The second kappa shape index (κ2) is 8.75. The Balaban J connectivity index is 1.61. The average molecular weight is 442 g/mol. The van der Waals surface area contributed by atoms with E-state index < -0.39 is 5.60 Å². The van der Waals surface area contributed by atoms with Crippen LogP contribution >= 0.6 is 0 Å². The Morgan fingerprint density at radius 1 is 1.06 bits per heavy atom. The zero-order valence-electron chi connectivity index (χ0n) is 19.6. The Bertz CT molecular complexity index is 896. The molecule has 7 heteroatoms. The van der Waals surface area contributed by atoms with Crippen LogP contribution in [0.2, 0.25) is 0 Å². The summed E-state index contributed by atoms with van der Waals surface area (Å²) in [5, 5.41) is 3.09. The minimum absolute atomic E-state index is 0.0546. The van der Waals surface area contributed by atoms with E-state index >= 15 is 0 Å². The molecule has 1 N–H and O–H groups in total. The van der Waals surface area contributed by atoms with Crippen molar-refractivity contribution >= 4 is 23.4 Å². The first-order valence-electron chi connectivity index (χ1n) is 11.9. The Labute approximate surface area is 190 Å². The number of nitrogens with zero attached hydrogens (tertiary/aromatic N) is 2. The first kappa shape index (κ1) is 22.6. The van der Waals surface area contributed by atoms with Crippen molar-refractivity contribution in [1.29, 1.82) is 0 Å². The van der Waals surface area contributed by atoms with Gasteiger partial charge in [-0.3, -0.25) is 19.3 Å². The van der Waals surface area contributed by atoms with Crippen LogP contribution in [0.15, 0.2) is 18.2 Å². The molecule has 2 fully saturated rings. The molecule has 1 saturated heterocycles. The van der Waals surface area contributed by atoms with Crippen LogP contribution in [-0.2, 0) is 9.59 Å². The van der Waals surface area contributed by atoms with Gasteiger partial charge in [0.2, 0.25) is 5.91 Å². The normalized spacial score (nSPS) is 25.3. The van der Waals surface area contributed by atoms with Crippen molar-refractivity contribution in [3.05, 3.63) is 23.8 Å². The van der Waals surface area contributed by atoms with E-state index in [1.54, 1.807) is 32.0 Å². The molecule has 32 heavy (non-hydrogen) atoms. The summed E-state index contributed by atoms with van der Waals surface area (Å²) in [6, 6.07) is 5.65. The molecule has 174 valence electrons. The summed E-state index contributed by atoms with van der Waals surface area (Å²) in [6.45, 7) is 7.50. The smallest absolute Gasteiger partial charge is 0.271 e. The van der Waals surface area contributed by atoms with Crippen LogP contribution in [-0.4, -0.2) is 52.9 Å². The summed E-state index contributed by atoms with van der Waals surface area (Å²) in [4.78, 5) is 42.8. The fourth-order valence-corrected chi connectivity index (χ4v) is 5.33. The molecule has 1 aliphatic carbocycles. The molecule has 1 aromatic carbocycles. The molecule has 1 aromatic rings. The van der Waals surface area contributed by atoms with Gasteiger partial charge in [-0.2, -0.15) is 0 Å². The van der Waals surface area contributed by atoms with Gasteiger partial charge in [-0.25, -0.2) is 0 Å². The first-order valence-corrected chi connectivity index (χ1v) is 11.9. The van der Waals surface area contributed by atoms with Crippen molar-refractivity contribution in [1.82, 2.24) is 10.2 Å². The summed E-state index contributed by atoms with van der Waals surface area (Å²) < 4.78 is 5.95. The standard InChI is InChI=1S/C25H35N3O4/c1-16-8-7-9-17(2)28(16)22(29)15-27-20-14-18(23(30)26-19-10-5-6-11-19)12-13-21(20)32-25(3,4)24(27)31/h12-14,16-17,19H,5-11,15H2,1-4H3,(H,26,30)/t16-,17-/m0/s1. The highest BCUT2D eigenvalue weighted by Crippen LogP contribution is 2.39. The highest BCUT2D eigenvalue weighted by Gasteiger charge is 2.43. The molecule has 3 amide bonds. The van der Waals surface area contributed by atoms with Gasteiger partial charge >= 0.3 is 0 Å². The van der Waals surface area contributed by atoms with Gasteiger partial charge in [0, 0.05) is 23.7 Å². The van der Waals surface area contributed by atoms with Gasteiger partial charge in [0.1, 0.15) is 12.3 Å². The summed E-state index contributed by atoms with van der Waals surface area (Å²) in [5.41, 5.74) is -0.122. The minimum atomic E-state index is -1.08. The van der Waals surface area contributed by atoms with Crippen LogP contribution < -0.4 is 15.0 Å². The van der Waals surface area contributed by atoms with E-state index in [9.17, 15) is 14.4 Å². The maximum absolute atomic E-state index is 13.3. The van der Waals surface area contributed by atoms with Gasteiger partial charge in [0.25, 0.3) is 11.8 Å². The van der Waals surface area contributed by atoms with Crippen molar-refractivity contribution in [3.63, 3.8) is 0 Å².